The topological polar surface area (TPSA) is 52.1 Å². The number of hydrogen-bond donors (Lipinski definition) is 0. The molecule has 0 atom stereocenters. The summed E-state index contributed by atoms with van der Waals surface area (Å²) in [6.45, 7) is 0. The highest BCUT2D eigenvalue weighted by Crippen LogP contribution is 2.16. The van der Waals surface area contributed by atoms with Gasteiger partial charge in [-0.15, -0.1) is 11.3 Å². The maximum absolute atomic E-state index is 11.2. The Balaban J connectivity index is 2.12. The predicted molar refractivity (Wildman–Crippen MR) is 66.6 cm³/mol. The Morgan fingerprint density at radius 3 is 3.00 bits per heavy atom. The van der Waals surface area contributed by atoms with Crippen molar-refractivity contribution >= 4 is 29.5 Å². The maximum atomic E-state index is 11.2. The summed E-state index contributed by atoms with van der Waals surface area (Å²) in [6.07, 6.45) is 8.72. The van der Waals surface area contributed by atoms with Crippen molar-refractivity contribution in [2.75, 3.05) is 7.11 Å². The van der Waals surface area contributed by atoms with E-state index in [9.17, 15) is 4.79 Å². The molecular formula is C12H10N2O2S. The van der Waals surface area contributed by atoms with Crippen LogP contribution in [0, 0.1) is 0 Å². The number of pyridine rings is 1. The van der Waals surface area contributed by atoms with E-state index in [-0.39, 0.29) is 5.97 Å². The van der Waals surface area contributed by atoms with Gasteiger partial charge in [0, 0.05) is 12.4 Å². The fourth-order valence-electron chi connectivity index (χ4n) is 1.20. The fourth-order valence-corrected chi connectivity index (χ4v) is 1.94. The molecule has 0 amide bonds. The van der Waals surface area contributed by atoms with Crippen LogP contribution in [0.25, 0.3) is 12.2 Å². The first-order valence-electron chi connectivity index (χ1n) is 4.92. The Kier molecular flexibility index (Phi) is 3.62. The van der Waals surface area contributed by atoms with Crippen molar-refractivity contribution in [3.8, 4) is 0 Å². The standard InChI is InChI=1S/C12H10N2O2S/c1-16-12(15)10-8-14-11(17-10)5-4-9-3-2-6-13-7-9/h2-8H,1H3/b5-4-. The van der Waals surface area contributed by atoms with Gasteiger partial charge < -0.3 is 4.74 Å². The number of carbonyl (C=O) groups excluding carboxylic acids is 1. The maximum Gasteiger partial charge on any atom is 0.349 e. The Bertz CT molecular complexity index is 534. The van der Waals surface area contributed by atoms with Gasteiger partial charge in [-0.05, 0) is 17.7 Å². The van der Waals surface area contributed by atoms with Crippen LogP contribution in [0.4, 0.5) is 0 Å². The van der Waals surface area contributed by atoms with E-state index in [0.29, 0.717) is 4.88 Å². The van der Waals surface area contributed by atoms with Crippen molar-refractivity contribution in [3.05, 3.63) is 46.2 Å². The van der Waals surface area contributed by atoms with Gasteiger partial charge in [0.25, 0.3) is 0 Å². The average molecular weight is 246 g/mol. The third-order valence-electron chi connectivity index (χ3n) is 2.01. The van der Waals surface area contributed by atoms with Gasteiger partial charge in [-0.25, -0.2) is 9.78 Å². The van der Waals surface area contributed by atoms with Crippen molar-refractivity contribution in [3.63, 3.8) is 0 Å². The van der Waals surface area contributed by atoms with Crippen LogP contribution in [-0.4, -0.2) is 23.0 Å². The lowest BCUT2D eigenvalue weighted by Crippen LogP contribution is -1.96. The molecule has 4 nitrogen and oxygen atoms in total. The molecule has 0 N–H and O–H groups in total. The van der Waals surface area contributed by atoms with Crippen LogP contribution in [0.1, 0.15) is 20.2 Å². The molecule has 0 aromatic carbocycles. The van der Waals surface area contributed by atoms with Crippen molar-refractivity contribution < 1.29 is 9.53 Å². The van der Waals surface area contributed by atoms with E-state index in [1.807, 2.05) is 24.3 Å². The smallest absolute Gasteiger partial charge is 0.349 e. The van der Waals surface area contributed by atoms with Crippen molar-refractivity contribution in [1.82, 2.24) is 9.97 Å². The summed E-state index contributed by atoms with van der Waals surface area (Å²) in [4.78, 5) is 19.8. The van der Waals surface area contributed by atoms with E-state index in [0.717, 1.165) is 10.6 Å². The average Bonchev–Trinajstić information content (AvgIpc) is 2.85. The van der Waals surface area contributed by atoms with E-state index in [4.69, 9.17) is 0 Å². The minimum atomic E-state index is -0.358. The van der Waals surface area contributed by atoms with Crippen LogP contribution in [-0.2, 0) is 4.74 Å². The monoisotopic (exact) mass is 246 g/mol. The fraction of sp³-hybridized carbons (Fsp3) is 0.0833. The minimum absolute atomic E-state index is 0.358. The molecule has 5 heteroatoms. The van der Waals surface area contributed by atoms with Crippen LogP contribution < -0.4 is 0 Å². The molecule has 17 heavy (non-hydrogen) atoms. The summed E-state index contributed by atoms with van der Waals surface area (Å²) in [7, 11) is 1.35. The Morgan fingerprint density at radius 1 is 1.41 bits per heavy atom. The third-order valence-corrected chi connectivity index (χ3v) is 2.96. The zero-order valence-electron chi connectivity index (χ0n) is 9.16. The molecule has 2 aromatic heterocycles. The highest BCUT2D eigenvalue weighted by atomic mass is 32.1. The van der Waals surface area contributed by atoms with Gasteiger partial charge in [0.05, 0.1) is 13.3 Å². The Morgan fingerprint density at radius 2 is 2.29 bits per heavy atom. The molecule has 0 aliphatic heterocycles. The second kappa shape index (κ2) is 5.36. The summed E-state index contributed by atoms with van der Waals surface area (Å²) < 4.78 is 4.61. The molecular weight excluding hydrogens is 236 g/mol. The lowest BCUT2D eigenvalue weighted by atomic mass is 10.3. The summed E-state index contributed by atoms with van der Waals surface area (Å²) in [5, 5.41) is 0.759. The predicted octanol–water partition coefficient (Wildman–Crippen LogP) is 2.50. The first kappa shape index (κ1) is 11.5. The summed E-state index contributed by atoms with van der Waals surface area (Å²) in [6, 6.07) is 3.81. The van der Waals surface area contributed by atoms with Crippen LogP contribution in [0.3, 0.4) is 0 Å². The Hall–Kier alpha value is -2.01. The number of hydrogen-bond acceptors (Lipinski definition) is 5. The largest absolute Gasteiger partial charge is 0.465 e. The number of nitrogens with zero attached hydrogens (tertiary/aromatic N) is 2. The summed E-state index contributed by atoms with van der Waals surface area (Å²) in [5.41, 5.74) is 0.988. The van der Waals surface area contributed by atoms with Gasteiger partial charge in [-0.2, -0.15) is 0 Å². The minimum Gasteiger partial charge on any atom is -0.465 e. The van der Waals surface area contributed by atoms with Gasteiger partial charge in [-0.3, -0.25) is 4.98 Å². The lowest BCUT2D eigenvalue weighted by molar-refractivity contribution is 0.0606. The quantitative estimate of drug-likeness (QED) is 0.781. The van der Waals surface area contributed by atoms with E-state index < -0.39 is 0 Å². The molecule has 0 spiro atoms. The second-order valence-electron chi connectivity index (χ2n) is 3.17. The number of ether oxygens (including phenoxy) is 1. The zero-order valence-corrected chi connectivity index (χ0v) is 9.98. The molecule has 0 saturated carbocycles. The summed E-state index contributed by atoms with van der Waals surface area (Å²) >= 11 is 1.29. The molecule has 0 unspecified atom stereocenters. The van der Waals surface area contributed by atoms with Crippen LogP contribution in [0.2, 0.25) is 0 Å². The summed E-state index contributed by atoms with van der Waals surface area (Å²) in [5.74, 6) is -0.358. The van der Waals surface area contributed by atoms with Crippen molar-refractivity contribution in [1.29, 1.82) is 0 Å². The van der Waals surface area contributed by atoms with Gasteiger partial charge in [0.15, 0.2) is 0 Å². The van der Waals surface area contributed by atoms with Crippen LogP contribution in [0.15, 0.2) is 30.7 Å². The first-order chi connectivity index (χ1) is 8.29. The van der Waals surface area contributed by atoms with Crippen LogP contribution in [0.5, 0.6) is 0 Å². The first-order valence-corrected chi connectivity index (χ1v) is 5.73. The number of aromatic nitrogens is 2. The molecule has 0 aliphatic carbocycles. The van der Waals surface area contributed by atoms with E-state index in [1.54, 1.807) is 12.4 Å². The van der Waals surface area contributed by atoms with E-state index >= 15 is 0 Å². The van der Waals surface area contributed by atoms with Gasteiger partial charge in [0.2, 0.25) is 0 Å². The number of rotatable bonds is 3. The molecule has 2 heterocycles. The molecule has 2 aromatic rings. The number of methoxy groups -OCH3 is 1. The van der Waals surface area contributed by atoms with Gasteiger partial charge in [0.1, 0.15) is 9.88 Å². The van der Waals surface area contributed by atoms with E-state index in [2.05, 4.69) is 14.7 Å². The normalized spacial score (nSPS) is 10.6. The molecule has 0 bridgehead atoms. The molecule has 0 radical (unpaired) electrons. The molecule has 0 fully saturated rings. The number of thiazole rings is 1. The SMILES string of the molecule is COC(=O)c1cnc(/C=C\c2cccnc2)s1. The Labute approximate surface area is 103 Å². The van der Waals surface area contributed by atoms with Crippen LogP contribution >= 0.6 is 11.3 Å². The lowest BCUT2D eigenvalue weighted by Gasteiger charge is -1.90. The highest BCUT2D eigenvalue weighted by Gasteiger charge is 2.08. The molecule has 2 rings (SSSR count). The molecule has 0 saturated heterocycles. The van der Waals surface area contributed by atoms with E-state index in [1.165, 1.54) is 24.6 Å². The number of esters is 1. The van der Waals surface area contributed by atoms with Gasteiger partial charge in [-0.1, -0.05) is 12.1 Å². The molecule has 86 valence electrons. The molecule has 0 aliphatic rings. The van der Waals surface area contributed by atoms with Crippen molar-refractivity contribution in [2.24, 2.45) is 0 Å². The zero-order chi connectivity index (χ0) is 12.1. The number of carbonyl (C=O) groups is 1. The highest BCUT2D eigenvalue weighted by molar-refractivity contribution is 7.14. The third kappa shape index (κ3) is 2.98. The van der Waals surface area contributed by atoms with Crippen molar-refractivity contribution in [2.45, 2.75) is 0 Å². The van der Waals surface area contributed by atoms with Gasteiger partial charge >= 0.3 is 5.97 Å². The second-order valence-corrected chi connectivity index (χ2v) is 4.24.